The molecule has 0 bridgehead atoms. The van der Waals surface area contributed by atoms with Crippen LogP contribution in [-0.4, -0.2) is 202 Å². The number of aromatic nitrogens is 7. The summed E-state index contributed by atoms with van der Waals surface area (Å²) < 4.78 is 53.2. The van der Waals surface area contributed by atoms with Crippen molar-refractivity contribution < 1.29 is 52.2 Å². The van der Waals surface area contributed by atoms with Gasteiger partial charge in [0.15, 0.2) is 11.3 Å². The zero-order valence-corrected chi connectivity index (χ0v) is 48.4. The highest BCUT2D eigenvalue weighted by Gasteiger charge is 2.30. The van der Waals surface area contributed by atoms with E-state index in [9.17, 15) is 9.59 Å². The Morgan fingerprint density at radius 1 is 0.694 bits per heavy atom. The number of para-hydroxylation sites is 1. The summed E-state index contributed by atoms with van der Waals surface area (Å²) in [6.45, 7) is 14.4. The van der Waals surface area contributed by atoms with Gasteiger partial charge in [-0.05, 0) is 87.4 Å². The number of hydrogen-bond donors (Lipinski definition) is 2. The number of carbonyl (C=O) groups excluding carboxylic acids is 2. The number of piperidine rings is 1. The van der Waals surface area contributed by atoms with Crippen LogP contribution in [0.5, 0.6) is 11.5 Å². The van der Waals surface area contributed by atoms with Gasteiger partial charge in [-0.1, -0.05) is 36.4 Å². The molecule has 3 fully saturated rings. The maximum atomic E-state index is 13.3. The minimum Gasteiger partial charge on any atom is -0.457 e. The number of amides is 2. The van der Waals surface area contributed by atoms with Crippen molar-refractivity contribution in [2.24, 2.45) is 0 Å². The zero-order chi connectivity index (χ0) is 58.6. The third-order valence-corrected chi connectivity index (χ3v) is 14.8. The van der Waals surface area contributed by atoms with Crippen LogP contribution >= 0.6 is 0 Å². The van der Waals surface area contributed by atoms with E-state index < -0.39 is 0 Å². The monoisotopic (exact) mass is 1160 g/mol. The molecule has 0 aliphatic carbocycles. The summed E-state index contributed by atoms with van der Waals surface area (Å²) in [5, 5.41) is 9.50. The van der Waals surface area contributed by atoms with E-state index >= 15 is 0 Å². The molecule has 85 heavy (non-hydrogen) atoms. The van der Waals surface area contributed by atoms with Crippen LogP contribution in [0.2, 0.25) is 0 Å². The second-order valence-corrected chi connectivity index (χ2v) is 20.8. The average molecular weight is 1170 g/mol. The van der Waals surface area contributed by atoms with Crippen LogP contribution in [0.1, 0.15) is 43.1 Å². The van der Waals surface area contributed by atoms with Crippen molar-refractivity contribution in [2.75, 3.05) is 154 Å². The van der Waals surface area contributed by atoms with E-state index in [1.54, 1.807) is 18.2 Å². The van der Waals surface area contributed by atoms with E-state index in [-0.39, 0.29) is 36.5 Å². The molecule has 0 spiro atoms. The van der Waals surface area contributed by atoms with Crippen molar-refractivity contribution in [3.05, 3.63) is 115 Å². The van der Waals surface area contributed by atoms with Crippen LogP contribution in [0.4, 0.5) is 17.6 Å². The Bertz CT molecular complexity index is 3300. The first-order valence-corrected chi connectivity index (χ1v) is 29.3. The van der Waals surface area contributed by atoms with Crippen molar-refractivity contribution in [3.8, 4) is 34.0 Å². The van der Waals surface area contributed by atoms with Gasteiger partial charge in [0.2, 0.25) is 11.9 Å². The van der Waals surface area contributed by atoms with Gasteiger partial charge in [0.25, 0.3) is 5.91 Å². The second-order valence-electron chi connectivity index (χ2n) is 20.8. The van der Waals surface area contributed by atoms with Crippen molar-refractivity contribution >= 4 is 51.5 Å². The molecule has 0 radical (unpaired) electrons. The summed E-state index contributed by atoms with van der Waals surface area (Å²) in [5.41, 5.74) is 11.2. The summed E-state index contributed by atoms with van der Waals surface area (Å²) in [6, 6.07) is 28.9. The van der Waals surface area contributed by atoms with Gasteiger partial charge in [0, 0.05) is 55.5 Å². The third kappa shape index (κ3) is 16.4. The van der Waals surface area contributed by atoms with Gasteiger partial charge < -0.3 is 68.4 Å². The lowest BCUT2D eigenvalue weighted by Crippen LogP contribution is -2.46. The molecule has 3 N–H and O–H groups in total. The number of carbonyl (C=O) groups is 2. The molecule has 10 rings (SSSR count). The number of nitrogens with one attached hydrogen (secondary N) is 1. The molecule has 3 aromatic carbocycles. The molecule has 0 unspecified atom stereocenters. The van der Waals surface area contributed by atoms with Crippen molar-refractivity contribution in [1.29, 1.82) is 0 Å². The van der Waals surface area contributed by atoms with E-state index in [0.717, 1.165) is 47.5 Å². The molecular weight excluding hydrogens is 1090 g/mol. The normalized spacial score (nSPS) is 17.5. The quantitative estimate of drug-likeness (QED) is 0.0372. The first-order chi connectivity index (χ1) is 41.8. The number of likely N-dealkylation sites (tertiary alicyclic amines) is 1. The summed E-state index contributed by atoms with van der Waals surface area (Å²) in [6.07, 6.45) is 6.38. The third-order valence-electron chi connectivity index (χ3n) is 14.8. The van der Waals surface area contributed by atoms with E-state index in [4.69, 9.17) is 68.4 Å². The predicted octanol–water partition coefficient (Wildman–Crippen LogP) is 6.57. The first-order valence-electron chi connectivity index (χ1n) is 29.3. The average Bonchev–Trinajstić information content (AvgIpc) is 2.69. The number of fused-ring (bicyclic) bond motifs is 2. The maximum absolute atomic E-state index is 13.3. The number of rotatable bonds is 29. The summed E-state index contributed by atoms with van der Waals surface area (Å²) in [4.78, 5) is 56.7. The van der Waals surface area contributed by atoms with E-state index in [0.29, 0.717) is 176 Å². The molecule has 7 aromatic rings. The highest BCUT2D eigenvalue weighted by atomic mass is 16.6. The number of nitrogens with zero attached hydrogens (tertiary/aromatic N) is 10. The van der Waals surface area contributed by atoms with Crippen LogP contribution in [0.3, 0.4) is 0 Å². The van der Waals surface area contributed by atoms with Crippen molar-refractivity contribution in [3.63, 3.8) is 0 Å². The van der Waals surface area contributed by atoms with E-state index in [1.165, 1.54) is 6.33 Å². The number of nitrogens with two attached hydrogens (primary N) is 1. The number of nitrogen functional groups attached to an aromatic ring is 1. The second kappa shape index (κ2) is 30.9. The Balaban J connectivity index is 0.542. The number of anilines is 3. The van der Waals surface area contributed by atoms with Gasteiger partial charge in [-0.25, -0.2) is 19.6 Å². The number of ether oxygens (including phenoxy) is 9. The lowest BCUT2D eigenvalue weighted by Gasteiger charge is -2.37. The summed E-state index contributed by atoms with van der Waals surface area (Å²) in [7, 11) is 0. The predicted molar refractivity (Wildman–Crippen MR) is 321 cm³/mol. The van der Waals surface area contributed by atoms with Crippen LogP contribution < -0.4 is 25.6 Å². The largest absolute Gasteiger partial charge is 0.457 e. The number of pyridine rings is 1. The molecule has 7 heterocycles. The molecule has 2 amide bonds. The molecular formula is C62H76N12O11. The lowest BCUT2D eigenvalue weighted by atomic mass is 10.1. The Morgan fingerprint density at radius 2 is 1.36 bits per heavy atom. The fraction of sp³-hybridized carbons (Fsp3) is 0.452. The molecule has 3 aliphatic heterocycles. The molecule has 0 saturated carbocycles. The standard InChI is InChI=1S/C62H76N12O11/c1-44-41-83-27-23-72(44)59-52-19-20-53(67-58(52)68-62(69-59)73-24-28-84-42-45(73)2)47-9-6-10-48(39-47)61(76)64-21-26-78-30-32-80-34-36-82-38-37-81-35-33-79-31-29-77-25-8-14-54(75)71-22-7-11-49(40-71)74-60-55(57(63)65-43-66-60)56(70-74)46-15-17-51(18-16-46)85-50-12-4-3-5-13-50/h3-6,8-10,12-20,39,43-45,49H,7,11,21-38,40-42H2,1-2H3,(H,64,76)(H2,63,65,66)/b14-8+/t44-,45-,49-/m1/s1. The van der Waals surface area contributed by atoms with Crippen LogP contribution in [0, 0.1) is 0 Å². The van der Waals surface area contributed by atoms with Gasteiger partial charge in [0.1, 0.15) is 35.2 Å². The lowest BCUT2D eigenvalue weighted by molar-refractivity contribution is -0.127. The smallest absolute Gasteiger partial charge is 0.251 e. The highest BCUT2D eigenvalue weighted by Crippen LogP contribution is 2.36. The van der Waals surface area contributed by atoms with Gasteiger partial charge in [-0.15, -0.1) is 0 Å². The molecule has 3 saturated heterocycles. The Labute approximate surface area is 494 Å². The van der Waals surface area contributed by atoms with Gasteiger partial charge >= 0.3 is 0 Å². The minimum absolute atomic E-state index is 0.0883. The maximum Gasteiger partial charge on any atom is 0.251 e. The Morgan fingerprint density at radius 3 is 2.07 bits per heavy atom. The molecule has 3 atom stereocenters. The topological polar surface area (TPSA) is 247 Å². The Kier molecular flexibility index (Phi) is 21.9. The van der Waals surface area contributed by atoms with Crippen molar-refractivity contribution in [1.82, 2.24) is 44.9 Å². The molecule has 23 nitrogen and oxygen atoms in total. The Hall–Kier alpha value is -7.74. The molecule has 4 aromatic heterocycles. The highest BCUT2D eigenvalue weighted by molar-refractivity contribution is 5.98. The van der Waals surface area contributed by atoms with Gasteiger partial charge in [0.05, 0.1) is 140 Å². The van der Waals surface area contributed by atoms with Crippen molar-refractivity contribution in [2.45, 2.75) is 44.8 Å². The van der Waals surface area contributed by atoms with E-state index in [1.807, 2.05) is 94.5 Å². The number of benzene rings is 3. The zero-order valence-electron chi connectivity index (χ0n) is 48.4. The summed E-state index contributed by atoms with van der Waals surface area (Å²) >= 11 is 0. The minimum atomic E-state index is -0.203. The summed E-state index contributed by atoms with van der Waals surface area (Å²) in [5.74, 6) is 2.98. The number of hydrogen-bond acceptors (Lipinski definition) is 20. The van der Waals surface area contributed by atoms with Gasteiger partial charge in [-0.2, -0.15) is 15.1 Å². The van der Waals surface area contributed by atoms with Crippen LogP contribution in [0.15, 0.2) is 109 Å². The fourth-order valence-electron chi connectivity index (χ4n) is 10.3. The fourth-order valence-corrected chi connectivity index (χ4v) is 10.3. The molecule has 3 aliphatic rings. The van der Waals surface area contributed by atoms with Crippen LogP contribution in [0.25, 0.3) is 44.6 Å². The van der Waals surface area contributed by atoms with Gasteiger partial charge in [-0.3, -0.25) is 9.59 Å². The number of morpholine rings is 2. The molecule has 23 heteroatoms. The van der Waals surface area contributed by atoms with Crippen LogP contribution in [-0.2, 0) is 42.7 Å². The molecule has 450 valence electrons. The first kappa shape index (κ1) is 60.4. The SMILES string of the molecule is C[C@@H]1COCCN1c1nc(N2CCOC[C@H]2C)c2ccc(-c3cccc(C(=O)NCCOCCOCCOCCOCCOCCOC/C=C/C(=O)N4CCC[C@@H](n5nc(-c6ccc(Oc7ccccc7)cc6)c6c(N)ncnc65)C4)c3)nc2n1. The van der Waals surface area contributed by atoms with E-state index in [2.05, 4.69) is 38.9 Å².